The molecular formula is C124H126N8O15S. The minimum Gasteiger partial charge on any atom is -0.508 e. The van der Waals surface area contributed by atoms with E-state index >= 15 is 0 Å². The number of phenols is 1. The first-order chi connectivity index (χ1) is 71.7. The minimum absolute atomic E-state index is 0.0274. The number of ether oxygens (including phenoxy) is 5. The van der Waals surface area contributed by atoms with Gasteiger partial charge in [0.1, 0.15) is 34.5 Å². The number of nitrogens with one attached hydrogen (secondary N) is 7. The molecule has 0 atom stereocenters. The van der Waals surface area contributed by atoms with Crippen molar-refractivity contribution in [3.63, 3.8) is 0 Å². The molecule has 0 spiro atoms. The lowest BCUT2D eigenvalue weighted by atomic mass is 9.95. The summed E-state index contributed by atoms with van der Waals surface area (Å²) in [4.78, 5) is 83.7. The third-order valence-corrected chi connectivity index (χ3v) is 23.9. The zero-order valence-electron chi connectivity index (χ0n) is 84.7. The molecule has 0 unspecified atom stereocenters. The number of aryl methyl sites for hydroxylation is 3. The maximum absolute atomic E-state index is 12.1. The van der Waals surface area contributed by atoms with Gasteiger partial charge in [0.25, 0.3) is 35.4 Å². The van der Waals surface area contributed by atoms with E-state index in [0.717, 1.165) is 87.3 Å². The van der Waals surface area contributed by atoms with Gasteiger partial charge in [-0.15, -0.1) is 0 Å². The van der Waals surface area contributed by atoms with Crippen LogP contribution >= 0.6 is 0 Å². The van der Waals surface area contributed by atoms with Crippen molar-refractivity contribution in [3.05, 3.63) is 508 Å². The van der Waals surface area contributed by atoms with Gasteiger partial charge in [0.05, 0.1) is 52.1 Å². The number of hydrogen-bond donors (Lipinski definition) is 8. The normalized spacial score (nSPS) is 10.8. The van der Waals surface area contributed by atoms with Gasteiger partial charge in [-0.1, -0.05) is 244 Å². The smallest absolute Gasteiger partial charge is 0.255 e. The zero-order chi connectivity index (χ0) is 106. The monoisotopic (exact) mass is 2000 g/mol. The van der Waals surface area contributed by atoms with E-state index in [-0.39, 0.29) is 58.4 Å². The quantitative estimate of drug-likeness (QED) is 0.0234. The maximum atomic E-state index is 12.1. The van der Waals surface area contributed by atoms with Crippen LogP contribution in [0.3, 0.4) is 0 Å². The van der Waals surface area contributed by atoms with Crippen molar-refractivity contribution >= 4 is 74.0 Å². The molecule has 23 nitrogen and oxygen atoms in total. The Kier molecular flexibility index (Phi) is 48.1. The van der Waals surface area contributed by atoms with Crippen LogP contribution in [0.1, 0.15) is 169 Å². The lowest BCUT2D eigenvalue weighted by molar-refractivity contribution is 0.0924. The van der Waals surface area contributed by atoms with Crippen molar-refractivity contribution in [2.24, 2.45) is 0 Å². The molecule has 0 aromatic heterocycles. The van der Waals surface area contributed by atoms with Crippen LogP contribution in [0.2, 0.25) is 0 Å². The topological polar surface area (TPSA) is 328 Å². The van der Waals surface area contributed by atoms with Crippen LogP contribution in [0, 0.1) is 32.1 Å². The molecule has 1 fully saturated rings. The Morgan fingerprint density at radius 3 is 1.05 bits per heavy atom. The summed E-state index contributed by atoms with van der Waals surface area (Å²) < 4.78 is 51.9. The molecule has 148 heavy (non-hydrogen) atoms. The summed E-state index contributed by atoms with van der Waals surface area (Å²) >= 11 is 0. The number of methoxy groups -OCH3 is 5. The Morgan fingerprint density at radius 2 is 0.662 bits per heavy atom. The predicted octanol–water partition coefficient (Wildman–Crippen LogP) is 25.6. The Labute approximate surface area is 868 Å². The van der Waals surface area contributed by atoms with Gasteiger partial charge in [-0.2, -0.15) is 5.26 Å². The van der Waals surface area contributed by atoms with Crippen molar-refractivity contribution in [1.82, 2.24) is 15.4 Å². The molecule has 1 aliphatic rings. The average Bonchev–Trinajstić information content (AvgIpc) is 0.830. The fraction of sp³-hybridized carbons (Fsp3) is 0.161. The number of para-hydroxylation sites is 3. The van der Waals surface area contributed by atoms with Crippen LogP contribution < -0.4 is 60.3 Å². The summed E-state index contributed by atoms with van der Waals surface area (Å²) in [7, 11) is 4.49. The highest BCUT2D eigenvalue weighted by Crippen LogP contribution is 2.25. The highest BCUT2D eigenvalue weighted by molar-refractivity contribution is 7.89. The Morgan fingerprint density at radius 1 is 0.338 bits per heavy atom. The van der Waals surface area contributed by atoms with Gasteiger partial charge in [-0.25, -0.2) is 13.1 Å². The third kappa shape index (κ3) is 41.3. The SMILES string of the molecule is CC(C)c1ccc(C(=O)Nc2ccccc2)cc1.COc1ccc(C(=O)NC2CCCCC2)cc1.COc1ccc(C(=O)NCCc2ccccc2)cc1.COc1ccc(C(=O)c2ccccc2)cc1.COc1ccc(NC(=O)c2ccc(C)cc2)cc1.COc1ccc(S(=O)(=O)NCc2ccccc2)cc1.Cc1ccc(C(=O)Nc2ccccc2)cc1.Cc1cccc(C(=O)Nc2ccccc2)c1.N#Cc1ccc(O)cc1. The molecular weight excluding hydrogens is 1870 g/mol. The third-order valence-electron chi connectivity index (χ3n) is 22.4. The summed E-state index contributed by atoms with van der Waals surface area (Å²) in [6.07, 6.45) is 6.82. The maximum Gasteiger partial charge on any atom is 0.255 e. The van der Waals surface area contributed by atoms with Gasteiger partial charge in [-0.3, -0.25) is 33.6 Å². The van der Waals surface area contributed by atoms with Crippen molar-refractivity contribution in [2.75, 3.05) is 63.4 Å². The fourth-order valence-electron chi connectivity index (χ4n) is 14.0. The lowest BCUT2D eigenvalue weighted by Crippen LogP contribution is -2.36. The average molecular weight is 2000 g/mol. The van der Waals surface area contributed by atoms with E-state index in [2.05, 4.69) is 62.6 Å². The summed E-state index contributed by atoms with van der Waals surface area (Å²) in [6.45, 7) is 11.1. The van der Waals surface area contributed by atoms with Gasteiger partial charge < -0.3 is 60.7 Å². The fourth-order valence-corrected chi connectivity index (χ4v) is 15.0. The number of ketones is 1. The molecule has 6 amide bonds. The first kappa shape index (κ1) is 114. The number of nitriles is 1. The van der Waals surface area contributed by atoms with E-state index in [1.165, 1.54) is 61.8 Å². The molecule has 16 aromatic carbocycles. The van der Waals surface area contributed by atoms with Crippen molar-refractivity contribution in [2.45, 2.75) is 96.5 Å². The van der Waals surface area contributed by atoms with Crippen molar-refractivity contribution < 1.29 is 70.8 Å². The van der Waals surface area contributed by atoms with Crippen LogP contribution in [0.5, 0.6) is 34.5 Å². The predicted molar refractivity (Wildman–Crippen MR) is 590 cm³/mol. The Balaban J connectivity index is 0.000000186. The van der Waals surface area contributed by atoms with E-state index in [1.807, 2.05) is 330 Å². The first-order valence-electron chi connectivity index (χ1n) is 48.1. The number of carbonyl (C=O) groups is 7. The highest BCUT2D eigenvalue weighted by atomic mass is 32.2. The second-order valence-electron chi connectivity index (χ2n) is 33.8. The van der Waals surface area contributed by atoms with Gasteiger partial charge in [-0.05, 0) is 293 Å². The number of hydrogen-bond acceptors (Lipinski definition) is 16. The highest BCUT2D eigenvalue weighted by Gasteiger charge is 2.19. The number of sulfonamides is 1. The number of aromatic hydroxyl groups is 1. The summed E-state index contributed by atoms with van der Waals surface area (Å²) in [5, 5.41) is 34.4. The molecule has 17 rings (SSSR count). The first-order valence-corrected chi connectivity index (χ1v) is 49.6. The van der Waals surface area contributed by atoms with Crippen molar-refractivity contribution in [1.29, 1.82) is 5.26 Å². The lowest BCUT2D eigenvalue weighted by Gasteiger charge is -2.22. The number of anilines is 4. The summed E-state index contributed by atoms with van der Waals surface area (Å²) in [5.41, 5.74) is 15.9. The van der Waals surface area contributed by atoms with Crippen LogP contribution in [0.15, 0.2) is 430 Å². The molecule has 16 aromatic rings. The molecule has 0 saturated heterocycles. The van der Waals surface area contributed by atoms with Crippen LogP contribution in [0.25, 0.3) is 0 Å². The van der Waals surface area contributed by atoms with E-state index < -0.39 is 10.0 Å². The van der Waals surface area contributed by atoms with Crippen LogP contribution in [-0.4, -0.2) is 103 Å². The van der Waals surface area contributed by atoms with Crippen LogP contribution in [-0.2, 0) is 23.0 Å². The largest absolute Gasteiger partial charge is 0.508 e. The van der Waals surface area contributed by atoms with E-state index in [9.17, 15) is 42.0 Å². The molecule has 8 N–H and O–H groups in total. The van der Waals surface area contributed by atoms with E-state index in [4.69, 9.17) is 34.1 Å². The summed E-state index contributed by atoms with van der Waals surface area (Å²) in [6, 6.07) is 131. The number of rotatable bonds is 26. The second-order valence-corrected chi connectivity index (χ2v) is 35.6. The van der Waals surface area contributed by atoms with Gasteiger partial charge in [0.2, 0.25) is 10.0 Å². The standard InChI is InChI=1S/C16H17NO2.C16H17NO.C15H15NO2.C14H15NO3S.C14H19NO2.2C14H13NO.C14H12O2.C7H5NO/c1-19-15-9-7-14(8-10-15)16(18)17-12-11-13-5-3-2-4-6-13;1-12(2)13-8-10-14(11-9-13)16(18)17-15-6-4-3-5-7-15;1-11-3-5-12(6-4-11)15(17)16-13-7-9-14(18-2)10-8-13;1-18-13-7-9-14(10-8-13)19(16,17)15-11-12-5-3-2-4-6-12;1-17-13-9-7-11(8-10-13)14(16)15-12-5-3-2-4-6-12;1-11-6-5-7-12(10-11)14(16)15-13-8-3-2-4-9-13;1-11-7-9-12(10-8-11)14(16)15-13-5-3-2-4-6-13;1-16-13-9-7-12(8-10-13)14(15)11-5-3-2-4-6-11;8-5-6-1-3-7(9)4-2-6/h2-10H,11-12H2,1H3,(H,17,18);3-12H,1-2H3,(H,17,18);3-10H,1-2H3,(H,16,17);2-10,15H,11H2,1H3;7-10,12H,2-6H2,1H3,(H,15,16);2*2-10H,1H3,(H,15,16);2-10H,1H3;1-4,9H. The van der Waals surface area contributed by atoms with Gasteiger partial charge in [0, 0.05) is 86.4 Å². The van der Waals surface area contributed by atoms with Crippen LogP contribution in [0.4, 0.5) is 22.7 Å². The second kappa shape index (κ2) is 62.6. The molecule has 0 bridgehead atoms. The Hall–Kier alpha value is -17.8. The number of benzene rings is 16. The Bertz CT molecular complexity index is 6860. The molecule has 758 valence electrons. The molecule has 24 heteroatoms. The zero-order valence-corrected chi connectivity index (χ0v) is 85.6. The molecule has 1 saturated carbocycles. The van der Waals surface area contributed by atoms with Crippen molar-refractivity contribution in [3.8, 4) is 40.6 Å². The number of phenolic OH excluding ortho intramolecular Hbond substituents is 1. The van der Waals surface area contributed by atoms with Gasteiger partial charge >= 0.3 is 0 Å². The molecule has 0 heterocycles. The number of nitrogens with zero attached hydrogens (tertiary/aromatic N) is 1. The minimum atomic E-state index is -3.49. The molecule has 1 aliphatic carbocycles. The van der Waals surface area contributed by atoms with E-state index in [0.29, 0.717) is 74.3 Å². The van der Waals surface area contributed by atoms with Gasteiger partial charge in [0.15, 0.2) is 5.78 Å². The molecule has 0 aliphatic heterocycles. The summed E-state index contributed by atoms with van der Waals surface area (Å²) in [5.74, 6) is 4.01. The van der Waals surface area contributed by atoms with E-state index in [1.54, 1.807) is 113 Å². The number of amides is 6. The number of carbonyl (C=O) groups excluding carboxylic acids is 7. The molecule has 0 radical (unpaired) electrons.